The number of rotatable bonds is 15. The summed E-state index contributed by atoms with van der Waals surface area (Å²) >= 11 is 6.51. The molecule has 5 aromatic heterocycles. The lowest BCUT2D eigenvalue weighted by molar-refractivity contribution is -0.142. The molecular formula is C40H55BrN10O8S2. The fourth-order valence-electron chi connectivity index (χ4n) is 5.69. The van der Waals surface area contributed by atoms with Gasteiger partial charge in [-0.2, -0.15) is 5.10 Å². The first-order valence-electron chi connectivity index (χ1n) is 19.4. The first-order valence-corrected chi connectivity index (χ1v) is 22.6. The molecule has 2 N–H and O–H groups in total. The Morgan fingerprint density at radius 2 is 1.18 bits per heavy atom. The summed E-state index contributed by atoms with van der Waals surface area (Å²) in [6.45, 7) is 13.6. The van der Waals surface area contributed by atoms with Crippen LogP contribution in [0.25, 0.3) is 22.6 Å². The Labute approximate surface area is 372 Å². The van der Waals surface area contributed by atoms with E-state index in [1.165, 1.54) is 37.4 Å². The number of halogens is 1. The van der Waals surface area contributed by atoms with E-state index < -0.39 is 41.4 Å². The highest BCUT2D eigenvalue weighted by molar-refractivity contribution is 9.10. The van der Waals surface area contributed by atoms with Crippen molar-refractivity contribution in [2.45, 2.75) is 114 Å². The van der Waals surface area contributed by atoms with Gasteiger partial charge in [0.05, 0.1) is 47.8 Å². The summed E-state index contributed by atoms with van der Waals surface area (Å²) in [4.78, 5) is 65.1. The Bertz CT molecular complexity index is 2300. The van der Waals surface area contributed by atoms with E-state index in [9.17, 15) is 19.2 Å². The molecule has 0 spiro atoms. The lowest BCUT2D eigenvalue weighted by Crippen LogP contribution is -2.42. The Balaban J connectivity index is 0.000000272. The van der Waals surface area contributed by atoms with Gasteiger partial charge in [-0.25, -0.2) is 29.5 Å². The van der Waals surface area contributed by atoms with Crippen LogP contribution in [0.3, 0.4) is 0 Å². The van der Waals surface area contributed by atoms with E-state index in [4.69, 9.17) is 23.9 Å². The van der Waals surface area contributed by atoms with Crippen LogP contribution in [-0.4, -0.2) is 112 Å². The molecule has 21 heteroatoms. The van der Waals surface area contributed by atoms with Crippen LogP contribution in [0, 0.1) is 0 Å². The van der Waals surface area contributed by atoms with E-state index in [0.717, 1.165) is 48.6 Å². The second kappa shape index (κ2) is 21.8. The number of nitrogens with zero attached hydrogens (tertiary/aromatic N) is 8. The molecule has 18 nitrogen and oxygen atoms in total. The topological polar surface area (TPSA) is 207 Å². The molecule has 0 fully saturated rings. The molecule has 0 saturated heterocycles. The Kier molecular flexibility index (Phi) is 17.4. The van der Waals surface area contributed by atoms with Gasteiger partial charge in [-0.15, -0.1) is 23.5 Å². The van der Waals surface area contributed by atoms with Crippen molar-refractivity contribution in [3.05, 3.63) is 53.2 Å². The quantitative estimate of drug-likeness (QED) is 0.0626. The van der Waals surface area contributed by atoms with Gasteiger partial charge in [0.15, 0.2) is 11.3 Å². The summed E-state index contributed by atoms with van der Waals surface area (Å²) in [5, 5.41) is 11.4. The summed E-state index contributed by atoms with van der Waals surface area (Å²) in [6, 6.07) is -0.806. The molecule has 2 atom stereocenters. The number of carbonyl (C=O) groups excluding carboxylic acids is 4. The number of alkyl carbamates (subject to hydrolysis) is 2. The molecular weight excluding hydrogens is 893 g/mol. The highest BCUT2D eigenvalue weighted by atomic mass is 79.9. The Morgan fingerprint density at radius 3 is 1.61 bits per heavy atom. The maximum atomic E-state index is 12.3. The van der Waals surface area contributed by atoms with Gasteiger partial charge in [0.2, 0.25) is 0 Å². The summed E-state index contributed by atoms with van der Waals surface area (Å²) in [6.07, 6.45) is 16.1. The normalized spacial score (nSPS) is 12.6. The number of hydrogen-bond donors (Lipinski definition) is 2. The van der Waals surface area contributed by atoms with Crippen LogP contribution in [0.5, 0.6) is 0 Å². The van der Waals surface area contributed by atoms with Crippen molar-refractivity contribution < 1.29 is 38.1 Å². The number of carbonyl (C=O) groups is 4. The summed E-state index contributed by atoms with van der Waals surface area (Å²) in [7, 11) is 1.87. The molecule has 0 saturated carbocycles. The van der Waals surface area contributed by atoms with Crippen LogP contribution < -0.4 is 10.6 Å². The van der Waals surface area contributed by atoms with E-state index in [-0.39, 0.29) is 19.3 Å². The lowest BCUT2D eigenvalue weighted by Gasteiger charge is -2.23. The molecule has 332 valence electrons. The van der Waals surface area contributed by atoms with Crippen molar-refractivity contribution in [2.75, 3.05) is 25.7 Å². The third-order valence-corrected chi connectivity index (χ3v) is 10.2. The smallest absolute Gasteiger partial charge is 0.407 e. The summed E-state index contributed by atoms with van der Waals surface area (Å²) in [5.41, 5.74) is 3.86. The van der Waals surface area contributed by atoms with E-state index in [0.29, 0.717) is 25.7 Å². The first kappa shape index (κ1) is 48.8. The highest BCUT2D eigenvalue weighted by Gasteiger charge is 2.23. The number of hydrogen-bond acceptors (Lipinski definition) is 15. The van der Waals surface area contributed by atoms with E-state index in [2.05, 4.69) is 46.6 Å². The third-order valence-electron chi connectivity index (χ3n) is 8.28. The van der Waals surface area contributed by atoms with E-state index >= 15 is 0 Å². The molecule has 2 amide bonds. The van der Waals surface area contributed by atoms with Gasteiger partial charge in [0, 0.05) is 45.0 Å². The first-order chi connectivity index (χ1) is 28.6. The minimum absolute atomic E-state index is 0.0538. The summed E-state index contributed by atoms with van der Waals surface area (Å²) < 4.78 is 27.4. The molecule has 0 bridgehead atoms. The van der Waals surface area contributed by atoms with Crippen LogP contribution >= 0.6 is 39.5 Å². The van der Waals surface area contributed by atoms with Crippen molar-refractivity contribution in [2.24, 2.45) is 7.05 Å². The predicted octanol–water partition coefficient (Wildman–Crippen LogP) is 6.84. The zero-order valence-corrected chi connectivity index (χ0v) is 39.6. The van der Waals surface area contributed by atoms with Gasteiger partial charge in [-0.1, -0.05) is 0 Å². The standard InChI is InChI=1S/C22H30N6O4S.C18H25BrN4O4S/c1-14(29)31-13-17(26-21(30)32-22(2,3)4)8-7-16-12-28-18(15-9-24-27(5)11-15)10-23-19(28)20(25-16)33-6;1-11(24)26-10-13(22-17(25)27-18(2,3)4)7-6-12-9-23-14(19)8-20-15(23)16(21-12)28-5/h9-12,17H,7-8,13H2,1-6H3,(H,26,30);8-9,13H,6-7,10H2,1-5H3,(H,22,25). The van der Waals surface area contributed by atoms with E-state index in [1.807, 2.05) is 53.1 Å². The zero-order valence-electron chi connectivity index (χ0n) is 36.4. The second-order valence-electron chi connectivity index (χ2n) is 15.9. The van der Waals surface area contributed by atoms with Crippen molar-refractivity contribution in [3.63, 3.8) is 0 Å². The highest BCUT2D eigenvalue weighted by Crippen LogP contribution is 2.27. The van der Waals surface area contributed by atoms with Gasteiger partial charge in [-0.3, -0.25) is 23.1 Å². The number of esters is 2. The molecule has 2 unspecified atom stereocenters. The maximum absolute atomic E-state index is 12.3. The van der Waals surface area contributed by atoms with Gasteiger partial charge >= 0.3 is 24.1 Å². The molecule has 5 heterocycles. The van der Waals surface area contributed by atoms with Gasteiger partial charge < -0.3 is 29.6 Å². The number of amides is 2. The number of thioether (sulfide) groups is 2. The molecule has 5 aromatic rings. The minimum Gasteiger partial charge on any atom is -0.464 e. The Morgan fingerprint density at radius 1 is 0.721 bits per heavy atom. The number of aryl methyl sites for hydroxylation is 3. The van der Waals surface area contributed by atoms with Crippen molar-refractivity contribution in [1.29, 1.82) is 0 Å². The number of ether oxygens (including phenoxy) is 4. The second-order valence-corrected chi connectivity index (χ2v) is 18.3. The molecule has 0 aliphatic heterocycles. The fraction of sp³-hybridized carbons (Fsp3) is 0.525. The summed E-state index contributed by atoms with van der Waals surface area (Å²) in [5.74, 6) is -0.808. The SMILES string of the molecule is CSc1nc(CCC(COC(C)=O)NC(=O)OC(C)(C)C)cn2c(-c3cnn(C)c3)cnc12.CSc1nc(CCC(COC(C)=O)NC(=O)OC(C)(C)C)cn2c(Br)cnc12. The molecule has 5 rings (SSSR count). The van der Waals surface area contributed by atoms with Crippen LogP contribution in [-0.2, 0) is 48.4 Å². The lowest BCUT2D eigenvalue weighted by atomic mass is 10.1. The molecule has 0 aromatic carbocycles. The molecule has 0 radical (unpaired) electrons. The minimum atomic E-state index is -0.625. The van der Waals surface area contributed by atoms with Crippen molar-refractivity contribution in [3.8, 4) is 11.3 Å². The molecule has 0 aliphatic rings. The molecule has 61 heavy (non-hydrogen) atoms. The predicted molar refractivity (Wildman–Crippen MR) is 236 cm³/mol. The maximum Gasteiger partial charge on any atom is 0.407 e. The number of fused-ring (bicyclic) bond motifs is 2. The van der Waals surface area contributed by atoms with E-state index in [1.54, 1.807) is 58.6 Å². The number of imidazole rings is 2. The number of nitrogens with one attached hydrogen (secondary N) is 2. The number of aromatic nitrogens is 8. The molecule has 0 aliphatic carbocycles. The van der Waals surface area contributed by atoms with Crippen molar-refractivity contribution in [1.82, 2.24) is 49.2 Å². The fourth-order valence-corrected chi connectivity index (χ4v) is 7.15. The van der Waals surface area contributed by atoms with Gasteiger partial charge in [0.25, 0.3) is 0 Å². The zero-order chi connectivity index (χ0) is 45.1. The van der Waals surface area contributed by atoms with Gasteiger partial charge in [-0.05, 0) is 95.7 Å². The monoisotopic (exact) mass is 946 g/mol. The van der Waals surface area contributed by atoms with Crippen LogP contribution in [0.4, 0.5) is 9.59 Å². The largest absolute Gasteiger partial charge is 0.464 e. The Hall–Kier alpha value is -4.89. The van der Waals surface area contributed by atoms with Gasteiger partial charge in [0.1, 0.15) is 39.1 Å². The average Bonchev–Trinajstić information content (AvgIpc) is 3.89. The van der Waals surface area contributed by atoms with Crippen LogP contribution in [0.15, 0.2) is 51.8 Å². The average molecular weight is 948 g/mol. The third kappa shape index (κ3) is 15.5. The van der Waals surface area contributed by atoms with Crippen LogP contribution in [0.2, 0.25) is 0 Å². The van der Waals surface area contributed by atoms with Crippen LogP contribution in [0.1, 0.15) is 79.6 Å². The van der Waals surface area contributed by atoms with Crippen molar-refractivity contribution >= 4 is 74.9 Å².